The van der Waals surface area contributed by atoms with E-state index in [9.17, 15) is 36.7 Å². The predicted molar refractivity (Wildman–Crippen MR) is 143 cm³/mol. The van der Waals surface area contributed by atoms with Gasteiger partial charge in [-0.1, -0.05) is 37.3 Å². The maximum atomic E-state index is 13.9. The van der Waals surface area contributed by atoms with E-state index in [2.05, 4.69) is 10.3 Å². The second-order valence-electron chi connectivity index (χ2n) is 9.92. The molecule has 0 saturated carbocycles. The number of aryl methyl sites for hydroxylation is 1. The van der Waals surface area contributed by atoms with E-state index < -0.39 is 72.7 Å². The van der Waals surface area contributed by atoms with Crippen LogP contribution in [0.2, 0.25) is 0 Å². The van der Waals surface area contributed by atoms with Gasteiger partial charge in [0, 0.05) is 30.4 Å². The summed E-state index contributed by atoms with van der Waals surface area (Å²) in [6.07, 6.45) is -3.12. The number of aromatic nitrogens is 2. The van der Waals surface area contributed by atoms with Gasteiger partial charge in [0.15, 0.2) is 18.1 Å². The van der Waals surface area contributed by atoms with Gasteiger partial charge in [0.2, 0.25) is 5.91 Å². The van der Waals surface area contributed by atoms with Crippen LogP contribution in [0.15, 0.2) is 41.2 Å². The number of aliphatic hydroxyl groups is 1. The summed E-state index contributed by atoms with van der Waals surface area (Å²) in [6, 6.07) is 9.19. The van der Waals surface area contributed by atoms with Crippen molar-refractivity contribution in [1.82, 2.24) is 19.8 Å². The Hall–Kier alpha value is -4.20. The molecule has 1 saturated heterocycles. The molecule has 1 aliphatic heterocycles. The Labute approximate surface area is 237 Å². The van der Waals surface area contributed by atoms with Gasteiger partial charge in [-0.05, 0) is 25.3 Å². The number of alkyl halides is 4. The van der Waals surface area contributed by atoms with Gasteiger partial charge < -0.3 is 29.6 Å². The summed E-state index contributed by atoms with van der Waals surface area (Å²) < 4.78 is 59.8. The van der Waals surface area contributed by atoms with Gasteiger partial charge in [-0.3, -0.25) is 19.2 Å². The van der Waals surface area contributed by atoms with E-state index in [1.165, 1.54) is 11.0 Å². The van der Waals surface area contributed by atoms with Crippen LogP contribution in [0, 0.1) is 0 Å². The number of nitrogens with one attached hydrogen (secondary N) is 2. The highest BCUT2D eigenvalue weighted by molar-refractivity contribution is 6.03. The van der Waals surface area contributed by atoms with E-state index in [-0.39, 0.29) is 24.0 Å². The number of H-pyrrole nitrogens is 1. The third kappa shape index (κ3) is 6.48. The molecule has 10 nitrogen and oxygen atoms in total. The average Bonchev–Trinajstić information content (AvgIpc) is 3.36. The summed E-state index contributed by atoms with van der Waals surface area (Å²) in [4.78, 5) is 55.8. The number of aromatic amines is 1. The van der Waals surface area contributed by atoms with Crippen molar-refractivity contribution in [2.75, 3.05) is 26.3 Å². The molecule has 3 N–H and O–H groups in total. The number of fused-ring (bicyclic) bond motifs is 1. The van der Waals surface area contributed by atoms with Gasteiger partial charge in [0.25, 0.3) is 11.5 Å². The minimum Gasteiger partial charge on any atom is -0.484 e. The lowest BCUT2D eigenvalue weighted by Gasteiger charge is -2.32. The minimum atomic E-state index is -4.57. The Morgan fingerprint density at radius 2 is 1.83 bits per heavy atom. The first-order valence-corrected chi connectivity index (χ1v) is 13.3. The number of nitrogens with zero attached hydrogens (tertiary/aromatic N) is 2. The number of carbonyl (C=O) groups is 3. The van der Waals surface area contributed by atoms with Crippen molar-refractivity contribution in [2.24, 2.45) is 0 Å². The van der Waals surface area contributed by atoms with Crippen molar-refractivity contribution < 1.29 is 41.8 Å². The largest absolute Gasteiger partial charge is 0.484 e. The summed E-state index contributed by atoms with van der Waals surface area (Å²) in [6.45, 7) is -0.620. The van der Waals surface area contributed by atoms with Crippen molar-refractivity contribution in [3.63, 3.8) is 0 Å². The molecule has 3 aromatic rings. The van der Waals surface area contributed by atoms with Crippen molar-refractivity contribution >= 4 is 28.5 Å². The van der Waals surface area contributed by atoms with Crippen molar-refractivity contribution in [3.8, 4) is 5.75 Å². The number of rotatable bonds is 11. The van der Waals surface area contributed by atoms with Crippen LogP contribution in [-0.4, -0.2) is 81.8 Å². The number of aliphatic hydroxyl groups excluding tert-OH is 1. The Morgan fingerprint density at radius 3 is 2.43 bits per heavy atom. The number of ether oxygens (including phenoxy) is 1. The highest BCUT2D eigenvalue weighted by Gasteiger charge is 2.42. The molecule has 0 aliphatic carbocycles. The smallest absolute Gasteiger partial charge is 0.340 e. The molecular formula is C28H30F4N4O6. The molecule has 0 unspecified atom stereocenters. The van der Waals surface area contributed by atoms with Crippen molar-refractivity contribution in [3.05, 3.63) is 63.7 Å². The van der Waals surface area contributed by atoms with Crippen LogP contribution < -0.4 is 15.6 Å². The minimum absolute atomic E-state index is 0.0455. The lowest BCUT2D eigenvalue weighted by Crippen LogP contribution is -2.47. The summed E-state index contributed by atoms with van der Waals surface area (Å²) in [5.74, 6) is -6.91. The fourth-order valence-electron chi connectivity index (χ4n) is 4.82. The van der Waals surface area contributed by atoms with Gasteiger partial charge in [-0.15, -0.1) is 0 Å². The zero-order chi connectivity index (χ0) is 30.6. The number of hydrogen-bond acceptors (Lipinski definition) is 6. The van der Waals surface area contributed by atoms with Crippen LogP contribution >= 0.6 is 0 Å². The second-order valence-corrected chi connectivity index (χ2v) is 9.92. The van der Waals surface area contributed by atoms with Crippen LogP contribution in [0.4, 0.5) is 17.6 Å². The molecule has 0 bridgehead atoms. The number of Topliss-reactive ketones (excluding diaryl/α,β-unsaturated/α-hetero) is 1. The topological polar surface area (TPSA) is 134 Å². The lowest BCUT2D eigenvalue weighted by atomic mass is 10.0. The van der Waals surface area contributed by atoms with Crippen LogP contribution in [-0.2, 0) is 17.8 Å². The molecule has 0 radical (unpaired) electrons. The Balaban J connectivity index is 1.72. The fourth-order valence-corrected chi connectivity index (χ4v) is 4.82. The van der Waals surface area contributed by atoms with E-state index in [0.717, 1.165) is 4.57 Å². The number of halogens is 4. The Morgan fingerprint density at radius 1 is 1.17 bits per heavy atom. The first-order valence-electron chi connectivity index (χ1n) is 13.3. The van der Waals surface area contributed by atoms with Gasteiger partial charge >= 0.3 is 12.3 Å². The maximum absolute atomic E-state index is 13.9. The molecule has 226 valence electrons. The SMILES string of the molecule is CCc1cc2[nH]c(C(=O)NC3CCN(C(=O)CO)CC3)c(OCC(F)(F)C(F)F)c2c(=O)n1CC(=O)c1ccccc1. The number of amides is 2. The molecule has 0 atom stereocenters. The highest BCUT2D eigenvalue weighted by atomic mass is 19.3. The van der Waals surface area contributed by atoms with E-state index in [4.69, 9.17) is 9.84 Å². The molecule has 1 aliphatic rings. The molecule has 0 spiro atoms. The molecule has 42 heavy (non-hydrogen) atoms. The number of likely N-dealkylation sites (tertiary alicyclic amines) is 1. The number of carbonyl (C=O) groups excluding carboxylic acids is 3. The third-order valence-electron chi connectivity index (χ3n) is 7.13. The number of piperidine rings is 1. The molecule has 2 aromatic heterocycles. The van der Waals surface area contributed by atoms with E-state index in [1.54, 1.807) is 37.3 Å². The Kier molecular flexibility index (Phi) is 9.34. The lowest BCUT2D eigenvalue weighted by molar-refractivity contribution is -0.148. The fraction of sp³-hybridized carbons (Fsp3) is 0.429. The van der Waals surface area contributed by atoms with E-state index in [1.807, 2.05) is 0 Å². The zero-order valence-electron chi connectivity index (χ0n) is 22.7. The van der Waals surface area contributed by atoms with Crippen LogP contribution in [0.25, 0.3) is 10.9 Å². The number of pyridine rings is 1. The van der Waals surface area contributed by atoms with Gasteiger partial charge in [0.1, 0.15) is 17.7 Å². The molecule has 3 heterocycles. The molecular weight excluding hydrogens is 564 g/mol. The van der Waals surface area contributed by atoms with E-state index in [0.29, 0.717) is 30.5 Å². The Bertz CT molecular complexity index is 1510. The summed E-state index contributed by atoms with van der Waals surface area (Å²) in [5, 5.41) is 11.4. The highest BCUT2D eigenvalue weighted by Crippen LogP contribution is 2.32. The molecule has 2 amide bonds. The summed E-state index contributed by atoms with van der Waals surface area (Å²) in [5.41, 5.74) is -0.467. The maximum Gasteiger partial charge on any atom is 0.340 e. The third-order valence-corrected chi connectivity index (χ3v) is 7.13. The van der Waals surface area contributed by atoms with Gasteiger partial charge in [-0.2, -0.15) is 8.78 Å². The van der Waals surface area contributed by atoms with E-state index >= 15 is 0 Å². The average molecular weight is 595 g/mol. The quantitative estimate of drug-likeness (QED) is 0.231. The number of hydrogen-bond donors (Lipinski definition) is 3. The number of ketones is 1. The standard InChI is InChI=1S/C28H30F4N4O6/c1-2-18-12-19-22(26(41)36(18)13-20(38)16-6-4-3-5-7-16)24(42-15-28(31,32)27(29)30)23(34-19)25(40)33-17-8-10-35(11-9-17)21(39)14-37/h3-7,12,17,27,34,37H,2,8-11,13-15H2,1H3,(H,33,40). The summed E-state index contributed by atoms with van der Waals surface area (Å²) >= 11 is 0. The van der Waals surface area contributed by atoms with Crippen LogP contribution in [0.3, 0.4) is 0 Å². The van der Waals surface area contributed by atoms with Crippen molar-refractivity contribution in [2.45, 2.75) is 51.1 Å². The second kappa shape index (κ2) is 12.8. The van der Waals surface area contributed by atoms with Crippen LogP contribution in [0.1, 0.15) is 46.3 Å². The van der Waals surface area contributed by atoms with Gasteiger partial charge in [0.05, 0.1) is 12.1 Å². The molecule has 4 rings (SSSR count). The first-order chi connectivity index (χ1) is 20.0. The molecule has 1 fully saturated rings. The molecule has 1 aromatic carbocycles. The number of benzene rings is 1. The first kappa shape index (κ1) is 30.8. The molecule has 14 heteroatoms. The van der Waals surface area contributed by atoms with Gasteiger partial charge in [-0.25, -0.2) is 8.78 Å². The summed E-state index contributed by atoms with van der Waals surface area (Å²) in [7, 11) is 0. The van der Waals surface area contributed by atoms with Crippen molar-refractivity contribution in [1.29, 1.82) is 0 Å². The zero-order valence-corrected chi connectivity index (χ0v) is 22.7. The van der Waals surface area contributed by atoms with Crippen LogP contribution in [0.5, 0.6) is 5.75 Å². The predicted octanol–water partition coefficient (Wildman–Crippen LogP) is 2.77. The normalized spacial score (nSPS) is 14.4. The monoisotopic (exact) mass is 594 g/mol.